The van der Waals surface area contributed by atoms with E-state index in [1.165, 1.54) is 11.9 Å². The third-order valence-electron chi connectivity index (χ3n) is 0.393. The summed E-state index contributed by atoms with van der Waals surface area (Å²) in [5.41, 5.74) is 0. The number of nitrogens with one attached hydrogen (secondary N) is 1. The smallest absolute Gasteiger partial charge is 0.109 e. The van der Waals surface area contributed by atoms with Gasteiger partial charge in [-0.3, -0.25) is 0 Å². The average molecular weight is 120 g/mol. The van der Waals surface area contributed by atoms with E-state index in [0.717, 1.165) is 0 Å². The van der Waals surface area contributed by atoms with Crippen LogP contribution in [0.15, 0.2) is 11.2 Å². The van der Waals surface area contributed by atoms with Crippen molar-refractivity contribution < 1.29 is 0 Å². The van der Waals surface area contributed by atoms with Crippen LogP contribution in [0.3, 0.4) is 0 Å². The van der Waals surface area contributed by atoms with Crippen LogP contribution in [0.4, 0.5) is 0 Å². The molecule has 2 radical (unpaired) electrons. The van der Waals surface area contributed by atoms with Crippen molar-refractivity contribution in [2.45, 2.75) is 0 Å². The zero-order valence-corrected chi connectivity index (χ0v) is 4.44. The molecule has 6 heavy (non-hydrogen) atoms. The summed E-state index contributed by atoms with van der Waals surface area (Å²) < 4.78 is 2.75. The fraction of sp³-hybridized carbons (Fsp3) is 0. The molecule has 0 aromatic heterocycles. The van der Waals surface area contributed by atoms with Crippen molar-refractivity contribution >= 4 is 23.5 Å². The van der Waals surface area contributed by atoms with Gasteiger partial charge in [0.25, 0.3) is 0 Å². The molecule has 0 bridgehead atoms. The predicted molar refractivity (Wildman–Crippen MR) is 27.9 cm³/mol. The first-order chi connectivity index (χ1) is 2.89. The van der Waals surface area contributed by atoms with E-state index in [1.807, 2.05) is 0 Å². The molecule has 0 unspecified atom stereocenters. The van der Waals surface area contributed by atoms with Crippen LogP contribution < -0.4 is 4.72 Å². The molecule has 0 aromatic carbocycles. The maximum absolute atomic E-state index is 5.38. The molecule has 0 amide bonds. The molecular weight excluding hydrogens is 118 g/mol. The number of hydrogen-bond acceptors (Lipinski definition) is 2. The van der Waals surface area contributed by atoms with E-state index >= 15 is 0 Å². The van der Waals surface area contributed by atoms with Crippen molar-refractivity contribution in [1.29, 1.82) is 0 Å². The number of halogens is 1. The Morgan fingerprint density at radius 3 is 3.00 bits per heavy atom. The van der Waals surface area contributed by atoms with E-state index in [9.17, 15) is 0 Å². The minimum absolute atomic E-state index is 0.653. The molecule has 1 heterocycles. The van der Waals surface area contributed by atoms with Crippen molar-refractivity contribution in [2.24, 2.45) is 0 Å². The zero-order chi connectivity index (χ0) is 4.41. The van der Waals surface area contributed by atoms with E-state index in [-0.39, 0.29) is 0 Å². The van der Waals surface area contributed by atoms with Gasteiger partial charge in [0.15, 0.2) is 0 Å². The van der Waals surface area contributed by atoms with Crippen molar-refractivity contribution in [2.75, 3.05) is 0 Å². The highest BCUT2D eigenvalue weighted by molar-refractivity contribution is 8.00. The fourth-order valence-electron chi connectivity index (χ4n) is 0.189. The molecule has 1 N–H and O–H groups in total. The maximum atomic E-state index is 5.38. The van der Waals surface area contributed by atoms with E-state index in [4.69, 9.17) is 11.6 Å². The normalized spacial score (nSPS) is 19.8. The Kier molecular flexibility index (Phi) is 1.27. The molecular formula is C3H2ClNS. The van der Waals surface area contributed by atoms with Gasteiger partial charge in [-0.15, -0.1) is 0 Å². The van der Waals surface area contributed by atoms with Gasteiger partial charge < -0.3 is 4.72 Å². The van der Waals surface area contributed by atoms with Gasteiger partial charge in [0.1, 0.15) is 10.9 Å². The average Bonchev–Trinajstić information content (AvgIpc) is 1.86. The molecule has 32 valence electrons. The summed E-state index contributed by atoms with van der Waals surface area (Å²) >= 11 is 6.74. The maximum Gasteiger partial charge on any atom is 0.109 e. The molecule has 3 heteroatoms. The van der Waals surface area contributed by atoms with Gasteiger partial charge in [-0.2, -0.15) is 0 Å². The highest BCUT2D eigenvalue weighted by Gasteiger charge is 1.97. The van der Waals surface area contributed by atoms with Crippen molar-refractivity contribution in [1.82, 2.24) is 4.72 Å². The summed E-state index contributed by atoms with van der Waals surface area (Å²) in [5.74, 6) is 2.78. The van der Waals surface area contributed by atoms with Crippen LogP contribution >= 0.6 is 23.5 Å². The Morgan fingerprint density at radius 1 is 2.00 bits per heavy atom. The monoisotopic (exact) mass is 119 g/mol. The van der Waals surface area contributed by atoms with Crippen molar-refractivity contribution in [3.05, 3.63) is 17.0 Å². The highest BCUT2D eigenvalue weighted by Crippen LogP contribution is 2.16. The second-order valence-electron chi connectivity index (χ2n) is 0.814. The lowest BCUT2D eigenvalue weighted by molar-refractivity contribution is 1.40. The SMILES string of the molecule is ClC1=C[C]SN1. The van der Waals surface area contributed by atoms with Crippen LogP contribution in [0.1, 0.15) is 0 Å². The van der Waals surface area contributed by atoms with Crippen LogP contribution in [0.25, 0.3) is 0 Å². The Balaban J connectivity index is 2.45. The first-order valence-electron chi connectivity index (χ1n) is 1.42. The van der Waals surface area contributed by atoms with Gasteiger partial charge in [-0.25, -0.2) is 0 Å². The molecule has 0 saturated carbocycles. The number of hydrogen-bond donors (Lipinski definition) is 1. The molecule has 1 aliphatic heterocycles. The molecule has 1 nitrogen and oxygen atoms in total. The largest absolute Gasteiger partial charge is 0.320 e. The molecule has 0 spiro atoms. The summed E-state index contributed by atoms with van der Waals surface area (Å²) in [6.45, 7) is 0. The Bertz CT molecular complexity index is 80.9. The van der Waals surface area contributed by atoms with Crippen molar-refractivity contribution in [3.8, 4) is 0 Å². The topological polar surface area (TPSA) is 12.0 Å². The molecule has 0 atom stereocenters. The summed E-state index contributed by atoms with van der Waals surface area (Å²) in [5, 5.41) is 0.653. The molecule has 0 aromatic rings. The lowest BCUT2D eigenvalue weighted by Gasteiger charge is -1.84. The van der Waals surface area contributed by atoms with Gasteiger partial charge in [-0.05, 0) is 18.0 Å². The summed E-state index contributed by atoms with van der Waals surface area (Å²) in [6.07, 6.45) is 1.69. The summed E-state index contributed by atoms with van der Waals surface area (Å²) in [4.78, 5) is 0. The van der Waals surface area contributed by atoms with Crippen LogP contribution in [0, 0.1) is 5.75 Å². The predicted octanol–water partition coefficient (Wildman–Crippen LogP) is 1.36. The van der Waals surface area contributed by atoms with Gasteiger partial charge >= 0.3 is 0 Å². The standard InChI is InChI=1S/C3H2ClNS/c4-3-1-2-6-5-3/h1,5H. The third-order valence-corrected chi connectivity index (χ3v) is 1.27. The Morgan fingerprint density at radius 2 is 2.83 bits per heavy atom. The molecule has 1 aliphatic rings. The van der Waals surface area contributed by atoms with E-state index in [2.05, 4.69) is 10.5 Å². The van der Waals surface area contributed by atoms with Crippen LogP contribution in [0.2, 0.25) is 0 Å². The van der Waals surface area contributed by atoms with E-state index in [0.29, 0.717) is 5.16 Å². The minimum atomic E-state index is 0.653. The van der Waals surface area contributed by atoms with E-state index in [1.54, 1.807) is 6.08 Å². The van der Waals surface area contributed by atoms with Gasteiger partial charge in [-0.1, -0.05) is 11.6 Å². The third kappa shape index (κ3) is 0.820. The summed E-state index contributed by atoms with van der Waals surface area (Å²) in [6, 6.07) is 0. The number of rotatable bonds is 0. The van der Waals surface area contributed by atoms with Crippen LogP contribution in [-0.4, -0.2) is 0 Å². The lowest BCUT2D eigenvalue weighted by atomic mass is 10.7. The minimum Gasteiger partial charge on any atom is -0.320 e. The van der Waals surface area contributed by atoms with Crippen LogP contribution in [-0.2, 0) is 0 Å². The van der Waals surface area contributed by atoms with Crippen molar-refractivity contribution in [3.63, 3.8) is 0 Å². The van der Waals surface area contributed by atoms with Gasteiger partial charge in [0, 0.05) is 0 Å². The van der Waals surface area contributed by atoms with Gasteiger partial charge in [0.2, 0.25) is 0 Å². The first kappa shape index (κ1) is 4.34. The second kappa shape index (κ2) is 1.76. The second-order valence-corrected chi connectivity index (χ2v) is 1.87. The quantitative estimate of drug-likeness (QED) is 0.382. The Labute approximate surface area is 45.9 Å². The first-order valence-corrected chi connectivity index (χ1v) is 2.62. The molecule has 1 rings (SSSR count). The lowest BCUT2D eigenvalue weighted by Crippen LogP contribution is -1.86. The van der Waals surface area contributed by atoms with E-state index < -0.39 is 0 Å². The fourth-order valence-corrected chi connectivity index (χ4v) is 0.816. The van der Waals surface area contributed by atoms with Crippen LogP contribution in [0.5, 0.6) is 0 Å². The summed E-state index contributed by atoms with van der Waals surface area (Å²) in [7, 11) is 0. The molecule has 0 aliphatic carbocycles. The molecule has 0 saturated heterocycles. The molecule has 0 fully saturated rings. The zero-order valence-electron chi connectivity index (χ0n) is 2.86. The highest BCUT2D eigenvalue weighted by atomic mass is 35.5. The van der Waals surface area contributed by atoms with Gasteiger partial charge in [0.05, 0.1) is 0 Å². The Hall–Kier alpha value is 0.180.